The number of hydrogen-bond acceptors (Lipinski definition) is 4. The Morgan fingerprint density at radius 3 is 2.73 bits per heavy atom. The van der Waals surface area contributed by atoms with Gasteiger partial charge in [0.15, 0.2) is 0 Å². The Labute approximate surface area is 64.9 Å². The van der Waals surface area contributed by atoms with Crippen LogP contribution in [0.4, 0.5) is 0 Å². The molecule has 0 bridgehead atoms. The molecule has 5 nitrogen and oxygen atoms in total. The van der Waals surface area contributed by atoms with E-state index in [1.807, 2.05) is 0 Å². The van der Waals surface area contributed by atoms with E-state index in [9.17, 15) is 4.79 Å². The molecule has 11 heavy (non-hydrogen) atoms. The zero-order chi connectivity index (χ0) is 8.69. The van der Waals surface area contributed by atoms with E-state index in [1.165, 1.54) is 4.90 Å². The predicted molar refractivity (Wildman–Crippen MR) is 39.6 cm³/mol. The number of rotatable bonds is 4. The summed E-state index contributed by atoms with van der Waals surface area (Å²) in [5, 5.41) is 19.1. The van der Waals surface area contributed by atoms with Crippen LogP contribution >= 0.6 is 0 Å². The third kappa shape index (κ3) is 3.57. The first-order valence-corrected chi connectivity index (χ1v) is 3.33. The third-order valence-corrected chi connectivity index (χ3v) is 1.23. The van der Waals surface area contributed by atoms with Crippen LogP contribution < -0.4 is 0 Å². The Morgan fingerprint density at radius 2 is 2.36 bits per heavy atom. The van der Waals surface area contributed by atoms with Crippen LogP contribution in [0.15, 0.2) is 5.16 Å². The van der Waals surface area contributed by atoms with Crippen molar-refractivity contribution in [2.24, 2.45) is 5.16 Å². The lowest BCUT2D eigenvalue weighted by Gasteiger charge is -2.16. The molecule has 0 atom stereocenters. The Hall–Kier alpha value is -1.10. The predicted octanol–water partition coefficient (Wildman–Crippen LogP) is -0.713. The highest BCUT2D eigenvalue weighted by Crippen LogP contribution is 1.85. The molecule has 0 aromatic rings. The first kappa shape index (κ1) is 9.90. The Bertz CT molecular complexity index is 147. The zero-order valence-corrected chi connectivity index (χ0v) is 6.40. The van der Waals surface area contributed by atoms with Crippen molar-refractivity contribution in [2.45, 2.75) is 6.92 Å². The molecule has 2 N–H and O–H groups in total. The summed E-state index contributed by atoms with van der Waals surface area (Å²) in [5.74, 6) is -0.399. The van der Waals surface area contributed by atoms with Crippen LogP contribution in [-0.2, 0) is 4.79 Å². The monoisotopic (exact) mass is 160 g/mol. The summed E-state index contributed by atoms with van der Waals surface area (Å²) in [6, 6.07) is 0. The summed E-state index contributed by atoms with van der Waals surface area (Å²) in [6.45, 7) is 2.45. The largest absolute Gasteiger partial charge is 0.411 e. The molecule has 0 heterocycles. The van der Waals surface area contributed by atoms with Crippen molar-refractivity contribution in [3.05, 3.63) is 0 Å². The minimum absolute atomic E-state index is 0.0845. The smallest absolute Gasteiger partial charge is 0.268 e. The van der Waals surface area contributed by atoms with Crippen LogP contribution in [0.3, 0.4) is 0 Å². The number of oxime groups is 1. The average Bonchev–Trinajstić information content (AvgIpc) is 2.00. The quantitative estimate of drug-likeness (QED) is 0.324. The van der Waals surface area contributed by atoms with Gasteiger partial charge in [-0.25, -0.2) is 0 Å². The van der Waals surface area contributed by atoms with Gasteiger partial charge >= 0.3 is 0 Å². The SMILES string of the molecule is CCN(CCO)C(=O)/C=N/O. The van der Waals surface area contributed by atoms with Crippen molar-refractivity contribution < 1.29 is 15.1 Å². The first-order chi connectivity index (χ1) is 5.26. The summed E-state index contributed by atoms with van der Waals surface area (Å²) >= 11 is 0. The lowest BCUT2D eigenvalue weighted by molar-refractivity contribution is -0.124. The highest BCUT2D eigenvalue weighted by molar-refractivity contribution is 6.25. The molecular formula is C6H12N2O3. The molecule has 0 spiro atoms. The van der Waals surface area contributed by atoms with E-state index in [0.717, 1.165) is 6.21 Å². The fourth-order valence-corrected chi connectivity index (χ4v) is 0.676. The van der Waals surface area contributed by atoms with Gasteiger partial charge in [0, 0.05) is 13.1 Å². The maximum Gasteiger partial charge on any atom is 0.268 e. The van der Waals surface area contributed by atoms with E-state index in [-0.39, 0.29) is 13.2 Å². The molecule has 5 heteroatoms. The first-order valence-electron chi connectivity index (χ1n) is 3.33. The minimum Gasteiger partial charge on any atom is -0.411 e. The summed E-state index contributed by atoms with van der Waals surface area (Å²) in [5.41, 5.74) is 0. The number of aliphatic hydroxyl groups excluding tert-OH is 1. The lowest BCUT2D eigenvalue weighted by atomic mass is 10.4. The molecule has 0 fully saturated rings. The zero-order valence-electron chi connectivity index (χ0n) is 6.40. The molecule has 0 aliphatic heterocycles. The summed E-state index contributed by atoms with van der Waals surface area (Å²) < 4.78 is 0. The number of nitrogens with zero attached hydrogens (tertiary/aromatic N) is 2. The van der Waals surface area contributed by atoms with Crippen LogP contribution in [-0.4, -0.2) is 47.0 Å². The van der Waals surface area contributed by atoms with Crippen molar-refractivity contribution in [3.63, 3.8) is 0 Å². The number of amides is 1. The second-order valence-corrected chi connectivity index (χ2v) is 1.89. The number of aliphatic hydroxyl groups is 1. The molecular weight excluding hydrogens is 148 g/mol. The van der Waals surface area contributed by atoms with Gasteiger partial charge in [-0.2, -0.15) is 0 Å². The third-order valence-electron chi connectivity index (χ3n) is 1.23. The number of carbonyl (C=O) groups is 1. The maximum atomic E-state index is 10.9. The van der Waals surface area contributed by atoms with Crippen LogP contribution in [0, 0.1) is 0 Å². The van der Waals surface area contributed by atoms with Gasteiger partial charge in [-0.3, -0.25) is 4.79 Å². The molecule has 0 saturated carbocycles. The van der Waals surface area contributed by atoms with Crippen molar-refractivity contribution in [1.29, 1.82) is 0 Å². The fourth-order valence-electron chi connectivity index (χ4n) is 0.676. The summed E-state index contributed by atoms with van der Waals surface area (Å²) in [7, 11) is 0. The van der Waals surface area contributed by atoms with E-state index in [0.29, 0.717) is 6.54 Å². The molecule has 0 unspecified atom stereocenters. The highest BCUT2D eigenvalue weighted by atomic mass is 16.4. The van der Waals surface area contributed by atoms with Gasteiger partial charge in [0.2, 0.25) is 0 Å². The van der Waals surface area contributed by atoms with Crippen molar-refractivity contribution >= 4 is 12.1 Å². The van der Waals surface area contributed by atoms with Gasteiger partial charge in [0.05, 0.1) is 6.61 Å². The fraction of sp³-hybridized carbons (Fsp3) is 0.667. The number of likely N-dealkylation sites (N-methyl/N-ethyl adjacent to an activating group) is 1. The minimum atomic E-state index is -0.399. The van der Waals surface area contributed by atoms with Crippen molar-refractivity contribution in [2.75, 3.05) is 19.7 Å². The maximum absolute atomic E-state index is 10.9. The van der Waals surface area contributed by atoms with E-state index in [4.69, 9.17) is 10.3 Å². The molecule has 0 rings (SSSR count). The molecule has 0 aliphatic rings. The van der Waals surface area contributed by atoms with E-state index < -0.39 is 5.91 Å². The van der Waals surface area contributed by atoms with Crippen LogP contribution in [0.2, 0.25) is 0 Å². The molecule has 1 amide bonds. The number of carbonyl (C=O) groups excluding carboxylic acids is 1. The van der Waals surface area contributed by atoms with E-state index in [1.54, 1.807) is 6.92 Å². The molecule has 0 aromatic heterocycles. The summed E-state index contributed by atoms with van der Waals surface area (Å²) in [4.78, 5) is 12.2. The second-order valence-electron chi connectivity index (χ2n) is 1.89. The normalized spacial score (nSPS) is 10.4. The lowest BCUT2D eigenvalue weighted by Crippen LogP contribution is -2.33. The van der Waals surface area contributed by atoms with Gasteiger partial charge < -0.3 is 15.2 Å². The van der Waals surface area contributed by atoms with Gasteiger partial charge in [0.25, 0.3) is 5.91 Å². The van der Waals surface area contributed by atoms with Gasteiger partial charge in [-0.05, 0) is 6.92 Å². The van der Waals surface area contributed by atoms with Crippen molar-refractivity contribution in [3.8, 4) is 0 Å². The summed E-state index contributed by atoms with van der Waals surface area (Å²) in [6.07, 6.45) is 0.805. The van der Waals surface area contributed by atoms with Gasteiger partial charge in [0.1, 0.15) is 6.21 Å². The molecule has 0 aliphatic carbocycles. The molecule has 0 saturated heterocycles. The Balaban J connectivity index is 3.91. The standard InChI is InChI=1S/C6H12N2O3/c1-2-8(3-4-9)6(10)5-7-11/h5,9,11H,2-4H2,1H3/b7-5+. The van der Waals surface area contributed by atoms with E-state index >= 15 is 0 Å². The van der Waals surface area contributed by atoms with Crippen LogP contribution in [0.1, 0.15) is 6.92 Å². The Kier molecular flexibility index (Phi) is 5.10. The average molecular weight is 160 g/mol. The van der Waals surface area contributed by atoms with Gasteiger partial charge in [-0.15, -0.1) is 0 Å². The molecule has 0 aromatic carbocycles. The number of hydrogen-bond donors (Lipinski definition) is 2. The van der Waals surface area contributed by atoms with Crippen molar-refractivity contribution in [1.82, 2.24) is 4.90 Å². The van der Waals surface area contributed by atoms with Crippen LogP contribution in [0.25, 0.3) is 0 Å². The van der Waals surface area contributed by atoms with E-state index in [2.05, 4.69) is 5.16 Å². The topological polar surface area (TPSA) is 73.1 Å². The second kappa shape index (κ2) is 5.67. The molecule has 0 radical (unpaired) electrons. The Morgan fingerprint density at radius 1 is 1.73 bits per heavy atom. The molecule has 64 valence electrons. The van der Waals surface area contributed by atoms with Crippen LogP contribution in [0.5, 0.6) is 0 Å². The van der Waals surface area contributed by atoms with Gasteiger partial charge in [-0.1, -0.05) is 5.16 Å². The highest BCUT2D eigenvalue weighted by Gasteiger charge is 2.06.